The summed E-state index contributed by atoms with van der Waals surface area (Å²) in [6.45, 7) is 1.85. The molecule has 21 heavy (non-hydrogen) atoms. The third kappa shape index (κ3) is 3.58. The Morgan fingerprint density at radius 3 is 2.52 bits per heavy atom. The second kappa shape index (κ2) is 6.37. The van der Waals surface area contributed by atoms with Crippen LogP contribution >= 0.6 is 12.2 Å². The van der Waals surface area contributed by atoms with Gasteiger partial charge in [-0.3, -0.25) is 4.79 Å². The molecular formula is C16H16N2O2S. The van der Waals surface area contributed by atoms with E-state index >= 15 is 0 Å². The zero-order chi connectivity index (χ0) is 15.4. The van der Waals surface area contributed by atoms with E-state index in [2.05, 4.69) is 5.32 Å². The summed E-state index contributed by atoms with van der Waals surface area (Å²) in [6, 6.07) is 13.5. The Hall–Kier alpha value is -2.40. The highest BCUT2D eigenvalue weighted by molar-refractivity contribution is 7.80. The molecule has 0 fully saturated rings. The van der Waals surface area contributed by atoms with Gasteiger partial charge in [-0.25, -0.2) is 0 Å². The number of hydrogen-bond donors (Lipinski definition) is 3. The van der Waals surface area contributed by atoms with Crippen molar-refractivity contribution in [1.82, 2.24) is 5.32 Å². The normalized spacial score (nSPS) is 11.7. The van der Waals surface area contributed by atoms with Crippen LogP contribution in [0.3, 0.4) is 0 Å². The molecule has 2 aromatic rings. The molecule has 0 heterocycles. The largest absolute Gasteiger partial charge is 0.507 e. The minimum atomic E-state index is -0.575. The molecule has 4 N–H and O–H groups in total. The van der Waals surface area contributed by atoms with Crippen LogP contribution < -0.4 is 11.1 Å². The smallest absolute Gasteiger partial charge is 0.255 e. The number of aryl methyl sites for hydroxylation is 1. The lowest BCUT2D eigenvalue weighted by Gasteiger charge is -2.18. The Bertz CT molecular complexity index is 671. The molecule has 0 aliphatic rings. The molecule has 0 aliphatic carbocycles. The minimum Gasteiger partial charge on any atom is -0.507 e. The van der Waals surface area contributed by atoms with Gasteiger partial charge in [0, 0.05) is 0 Å². The summed E-state index contributed by atoms with van der Waals surface area (Å²) >= 11 is 5.03. The maximum atomic E-state index is 12.3. The average molecular weight is 300 g/mol. The molecule has 0 radical (unpaired) electrons. The first-order valence-electron chi connectivity index (χ1n) is 6.44. The third-order valence-corrected chi connectivity index (χ3v) is 3.33. The van der Waals surface area contributed by atoms with Gasteiger partial charge in [0.15, 0.2) is 0 Å². The highest BCUT2D eigenvalue weighted by Gasteiger charge is 2.20. The lowest BCUT2D eigenvalue weighted by atomic mass is 10.1. The first-order valence-corrected chi connectivity index (χ1v) is 6.84. The van der Waals surface area contributed by atoms with Gasteiger partial charge in [0.1, 0.15) is 16.8 Å². The Morgan fingerprint density at radius 1 is 1.24 bits per heavy atom. The first kappa shape index (κ1) is 15.0. The molecule has 4 nitrogen and oxygen atoms in total. The molecule has 1 amide bonds. The van der Waals surface area contributed by atoms with Crippen molar-refractivity contribution in [3.05, 3.63) is 65.2 Å². The van der Waals surface area contributed by atoms with Gasteiger partial charge >= 0.3 is 0 Å². The minimum absolute atomic E-state index is 0.0761. The van der Waals surface area contributed by atoms with E-state index in [0.29, 0.717) is 0 Å². The number of benzene rings is 2. The monoisotopic (exact) mass is 300 g/mol. The van der Waals surface area contributed by atoms with Crippen molar-refractivity contribution < 1.29 is 9.90 Å². The summed E-state index contributed by atoms with van der Waals surface area (Å²) in [6.07, 6.45) is 0. The van der Waals surface area contributed by atoms with Gasteiger partial charge in [0.2, 0.25) is 0 Å². The van der Waals surface area contributed by atoms with Gasteiger partial charge < -0.3 is 16.2 Å². The highest BCUT2D eigenvalue weighted by Crippen LogP contribution is 2.20. The molecule has 1 atom stereocenters. The topological polar surface area (TPSA) is 75.3 Å². The fourth-order valence-corrected chi connectivity index (χ4v) is 2.20. The predicted molar refractivity (Wildman–Crippen MR) is 86.3 cm³/mol. The van der Waals surface area contributed by atoms with Crippen LogP contribution in [0.1, 0.15) is 27.5 Å². The summed E-state index contributed by atoms with van der Waals surface area (Å²) in [5, 5.41) is 12.6. The summed E-state index contributed by atoms with van der Waals surface area (Å²) in [5.41, 5.74) is 7.59. The lowest BCUT2D eigenvalue weighted by Crippen LogP contribution is -2.36. The number of phenolic OH excluding ortho intramolecular Hbond substituents is 1. The van der Waals surface area contributed by atoms with Gasteiger partial charge in [0.25, 0.3) is 5.91 Å². The first-order chi connectivity index (χ1) is 9.99. The van der Waals surface area contributed by atoms with Gasteiger partial charge in [-0.2, -0.15) is 0 Å². The summed E-state index contributed by atoms with van der Waals surface area (Å²) in [4.78, 5) is 12.5. The van der Waals surface area contributed by atoms with E-state index in [0.717, 1.165) is 11.1 Å². The number of nitrogens with one attached hydrogen (secondary N) is 1. The van der Waals surface area contributed by atoms with Crippen LogP contribution in [0.4, 0.5) is 0 Å². The number of thiocarbonyl (C=S) groups is 1. The number of rotatable bonds is 4. The Balaban J connectivity index is 2.27. The van der Waals surface area contributed by atoms with Gasteiger partial charge in [0.05, 0.1) is 5.56 Å². The van der Waals surface area contributed by atoms with Gasteiger partial charge in [-0.15, -0.1) is 0 Å². The van der Waals surface area contributed by atoms with Crippen molar-refractivity contribution in [2.75, 3.05) is 0 Å². The summed E-state index contributed by atoms with van der Waals surface area (Å²) in [7, 11) is 0. The third-order valence-electron chi connectivity index (χ3n) is 3.09. The summed E-state index contributed by atoms with van der Waals surface area (Å²) < 4.78 is 0. The second-order valence-corrected chi connectivity index (χ2v) is 5.21. The fraction of sp³-hybridized carbons (Fsp3) is 0.125. The van der Waals surface area contributed by atoms with E-state index in [1.807, 2.05) is 37.3 Å². The molecule has 1 unspecified atom stereocenters. The molecule has 0 saturated carbocycles. The molecule has 108 valence electrons. The quantitative estimate of drug-likeness (QED) is 0.758. The van der Waals surface area contributed by atoms with Crippen molar-refractivity contribution in [1.29, 1.82) is 0 Å². The number of phenols is 1. The Labute approximate surface area is 128 Å². The second-order valence-electron chi connectivity index (χ2n) is 4.74. The molecule has 0 bridgehead atoms. The zero-order valence-corrected chi connectivity index (χ0v) is 12.4. The molecule has 0 aliphatic heterocycles. The van der Waals surface area contributed by atoms with Gasteiger partial charge in [-0.05, 0) is 24.6 Å². The van der Waals surface area contributed by atoms with Crippen LogP contribution in [-0.4, -0.2) is 16.0 Å². The van der Waals surface area contributed by atoms with E-state index in [1.54, 1.807) is 12.1 Å². The molecular weight excluding hydrogens is 284 g/mol. The number of carbonyl (C=O) groups excluding carboxylic acids is 1. The molecule has 0 spiro atoms. The van der Waals surface area contributed by atoms with Crippen molar-refractivity contribution >= 4 is 23.1 Å². The van der Waals surface area contributed by atoms with Crippen LogP contribution in [0, 0.1) is 6.92 Å². The van der Waals surface area contributed by atoms with Gasteiger partial charge in [-0.1, -0.05) is 54.2 Å². The number of amides is 1. The Kier molecular flexibility index (Phi) is 4.55. The van der Waals surface area contributed by atoms with Crippen LogP contribution in [0.25, 0.3) is 0 Å². The number of carbonyl (C=O) groups is 1. The average Bonchev–Trinajstić information content (AvgIpc) is 2.47. The number of aromatic hydroxyl groups is 1. The van der Waals surface area contributed by atoms with E-state index in [-0.39, 0.29) is 16.3 Å². The zero-order valence-electron chi connectivity index (χ0n) is 11.5. The lowest BCUT2D eigenvalue weighted by molar-refractivity contribution is 0.0944. The number of hydrogen-bond acceptors (Lipinski definition) is 3. The summed E-state index contributed by atoms with van der Waals surface area (Å²) in [5.74, 6) is -0.495. The maximum absolute atomic E-state index is 12.3. The highest BCUT2D eigenvalue weighted by atomic mass is 32.1. The molecule has 0 saturated heterocycles. The van der Waals surface area contributed by atoms with Crippen molar-refractivity contribution in [2.45, 2.75) is 13.0 Å². The molecule has 2 rings (SSSR count). The molecule has 5 heteroatoms. The van der Waals surface area contributed by atoms with Crippen molar-refractivity contribution in [3.8, 4) is 5.75 Å². The van der Waals surface area contributed by atoms with Crippen molar-refractivity contribution in [3.63, 3.8) is 0 Å². The van der Waals surface area contributed by atoms with Crippen LogP contribution in [0.5, 0.6) is 5.75 Å². The van der Waals surface area contributed by atoms with Crippen LogP contribution in [0.2, 0.25) is 0 Å². The maximum Gasteiger partial charge on any atom is 0.255 e. The van der Waals surface area contributed by atoms with Crippen LogP contribution in [0.15, 0.2) is 48.5 Å². The SMILES string of the molecule is Cc1ccc(O)c(C(=O)NC(C(N)=S)c2ccccc2)c1. The molecule has 2 aromatic carbocycles. The molecule has 0 aromatic heterocycles. The standard InChI is InChI=1S/C16H16N2O2S/c1-10-7-8-13(19)12(9-10)16(20)18-14(15(17)21)11-5-3-2-4-6-11/h2-9,14,19H,1H3,(H2,17,21)(H,18,20). The number of nitrogens with two attached hydrogens (primary N) is 1. The fourth-order valence-electron chi connectivity index (χ4n) is 2.00. The van der Waals surface area contributed by atoms with E-state index in [4.69, 9.17) is 18.0 Å². The van der Waals surface area contributed by atoms with Crippen LogP contribution in [-0.2, 0) is 0 Å². The predicted octanol–water partition coefficient (Wildman–Crippen LogP) is 2.46. The van der Waals surface area contributed by atoms with E-state index in [9.17, 15) is 9.90 Å². The van der Waals surface area contributed by atoms with E-state index < -0.39 is 11.9 Å². The Morgan fingerprint density at radius 2 is 1.90 bits per heavy atom. The van der Waals surface area contributed by atoms with E-state index in [1.165, 1.54) is 6.07 Å². The van der Waals surface area contributed by atoms with Crippen molar-refractivity contribution in [2.24, 2.45) is 5.73 Å².